The first-order valence-electron chi connectivity index (χ1n) is 11.5. The number of nitrogens with zero attached hydrogens (tertiary/aromatic N) is 1. The Labute approximate surface area is 191 Å². The molecule has 4 rings (SSSR count). The lowest BCUT2D eigenvalue weighted by molar-refractivity contribution is -0.118. The van der Waals surface area contributed by atoms with Gasteiger partial charge in [0.1, 0.15) is 0 Å². The van der Waals surface area contributed by atoms with Crippen LogP contribution in [0, 0.1) is 5.41 Å². The molecule has 2 aromatic carbocycles. The summed E-state index contributed by atoms with van der Waals surface area (Å²) in [6.07, 6.45) is 1.40. The summed E-state index contributed by atoms with van der Waals surface area (Å²) in [5.41, 5.74) is 6.20. The Bertz CT molecular complexity index is 1050. The number of rotatable bonds is 6. The number of hydrogen-bond acceptors (Lipinski definition) is 5. The van der Waals surface area contributed by atoms with Crippen molar-refractivity contribution in [3.63, 3.8) is 0 Å². The molecule has 1 atom stereocenters. The number of carbonyl (C=O) groups excluding carboxylic acids is 1. The highest BCUT2D eigenvalue weighted by atomic mass is 16.5. The van der Waals surface area contributed by atoms with Crippen molar-refractivity contribution in [3.8, 4) is 11.5 Å². The van der Waals surface area contributed by atoms with Crippen LogP contribution >= 0.6 is 0 Å². The minimum Gasteiger partial charge on any atom is -0.493 e. The number of anilines is 2. The normalized spacial score (nSPS) is 19.1. The fourth-order valence-electron chi connectivity index (χ4n) is 5.15. The molecule has 2 aliphatic rings. The molecule has 0 amide bonds. The molecule has 5 heteroatoms. The summed E-state index contributed by atoms with van der Waals surface area (Å²) in [6.45, 7) is 10.6. The molecule has 0 aromatic heterocycles. The number of ether oxygens (including phenoxy) is 2. The average Bonchev–Trinajstić information content (AvgIpc) is 2.77. The molecule has 1 heterocycles. The molecular weight excluding hydrogens is 400 g/mol. The molecule has 0 saturated heterocycles. The summed E-state index contributed by atoms with van der Waals surface area (Å²) in [5, 5.41) is 3.57. The highest BCUT2D eigenvalue weighted by Gasteiger charge is 2.41. The Morgan fingerprint density at radius 3 is 2.22 bits per heavy atom. The molecule has 2 aromatic rings. The van der Waals surface area contributed by atoms with E-state index in [9.17, 15) is 4.79 Å². The van der Waals surface area contributed by atoms with Crippen LogP contribution in [0.1, 0.15) is 57.6 Å². The first-order chi connectivity index (χ1) is 15.3. The van der Waals surface area contributed by atoms with E-state index in [-0.39, 0.29) is 17.1 Å². The number of carbonyl (C=O) groups is 1. The van der Waals surface area contributed by atoms with Gasteiger partial charge in [-0.15, -0.1) is 0 Å². The number of fused-ring (bicyclic) bond motifs is 1. The van der Waals surface area contributed by atoms with E-state index in [0.717, 1.165) is 47.6 Å². The standard InChI is InChI=1S/C27H34N2O3/c1-7-29(8-2)18-11-9-17(10-12-18)25-19-13-23(31-5)24(32-6)14-20(19)28-21-15-27(3,4)16-22(30)26(21)25/h9-14,25,28H,7-8,15-16H2,1-6H3/t25-/m1/s1. The maximum atomic E-state index is 13.4. The maximum absolute atomic E-state index is 13.4. The maximum Gasteiger partial charge on any atom is 0.162 e. The summed E-state index contributed by atoms with van der Waals surface area (Å²) in [7, 11) is 3.29. The van der Waals surface area contributed by atoms with Crippen molar-refractivity contribution in [2.45, 2.75) is 46.5 Å². The second kappa shape index (κ2) is 8.53. The van der Waals surface area contributed by atoms with Crippen LogP contribution in [0.15, 0.2) is 47.7 Å². The second-order valence-electron chi connectivity index (χ2n) is 9.45. The lowest BCUT2D eigenvalue weighted by Gasteiger charge is -2.39. The first kappa shape index (κ1) is 22.3. The molecule has 0 radical (unpaired) electrons. The third-order valence-corrected chi connectivity index (χ3v) is 6.72. The molecule has 0 saturated carbocycles. The van der Waals surface area contributed by atoms with Crippen LogP contribution < -0.4 is 19.7 Å². The number of Topliss-reactive ketones (excluding diaryl/α,β-unsaturated/α-hetero) is 1. The van der Waals surface area contributed by atoms with Crippen LogP contribution in [0.25, 0.3) is 0 Å². The van der Waals surface area contributed by atoms with Crippen LogP contribution in [-0.4, -0.2) is 33.1 Å². The lowest BCUT2D eigenvalue weighted by atomic mass is 9.68. The Kier molecular flexibility index (Phi) is 5.93. The first-order valence-corrected chi connectivity index (χ1v) is 11.5. The summed E-state index contributed by atoms with van der Waals surface area (Å²) in [4.78, 5) is 15.7. The van der Waals surface area contributed by atoms with Crippen LogP contribution in [-0.2, 0) is 4.79 Å². The monoisotopic (exact) mass is 434 g/mol. The van der Waals surface area contributed by atoms with Gasteiger partial charge < -0.3 is 19.7 Å². The SMILES string of the molecule is CCN(CC)c1ccc([C@H]2C3=C(CC(C)(C)CC3=O)Nc3cc(OC)c(OC)cc32)cc1. The van der Waals surface area contributed by atoms with Gasteiger partial charge in [-0.3, -0.25) is 4.79 Å². The van der Waals surface area contributed by atoms with Gasteiger partial charge >= 0.3 is 0 Å². The van der Waals surface area contributed by atoms with Crippen molar-refractivity contribution < 1.29 is 14.3 Å². The van der Waals surface area contributed by atoms with E-state index >= 15 is 0 Å². The van der Waals surface area contributed by atoms with Gasteiger partial charge in [-0.2, -0.15) is 0 Å². The van der Waals surface area contributed by atoms with Crippen molar-refractivity contribution in [2.75, 3.05) is 37.5 Å². The number of hydrogen-bond donors (Lipinski definition) is 1. The highest BCUT2D eigenvalue weighted by molar-refractivity contribution is 6.01. The Morgan fingerprint density at radius 1 is 1.00 bits per heavy atom. The van der Waals surface area contributed by atoms with Gasteiger partial charge in [0.05, 0.1) is 14.2 Å². The molecule has 0 spiro atoms. The van der Waals surface area contributed by atoms with E-state index in [1.807, 2.05) is 12.1 Å². The highest BCUT2D eigenvalue weighted by Crippen LogP contribution is 2.51. The van der Waals surface area contributed by atoms with E-state index in [1.54, 1.807) is 14.2 Å². The third kappa shape index (κ3) is 3.85. The third-order valence-electron chi connectivity index (χ3n) is 6.72. The number of nitrogens with one attached hydrogen (secondary N) is 1. The zero-order valence-corrected chi connectivity index (χ0v) is 20.0. The summed E-state index contributed by atoms with van der Waals surface area (Å²) in [5.74, 6) is 1.45. The molecule has 1 aliphatic heterocycles. The Hall–Kier alpha value is -2.95. The smallest absolute Gasteiger partial charge is 0.162 e. The van der Waals surface area contributed by atoms with Crippen LogP contribution in [0.3, 0.4) is 0 Å². The molecule has 170 valence electrons. The average molecular weight is 435 g/mol. The van der Waals surface area contributed by atoms with Gasteiger partial charge in [-0.1, -0.05) is 26.0 Å². The summed E-state index contributed by atoms with van der Waals surface area (Å²) < 4.78 is 11.2. The zero-order chi connectivity index (χ0) is 23.0. The van der Waals surface area contributed by atoms with E-state index in [0.29, 0.717) is 17.9 Å². The number of allylic oxidation sites excluding steroid dienone is 2. The molecule has 0 fully saturated rings. The molecule has 1 aliphatic carbocycles. The van der Waals surface area contributed by atoms with Gasteiger partial charge in [-0.25, -0.2) is 0 Å². The molecule has 1 N–H and O–H groups in total. The predicted molar refractivity (Wildman–Crippen MR) is 130 cm³/mol. The van der Waals surface area contributed by atoms with Crippen LogP contribution in [0.4, 0.5) is 11.4 Å². The van der Waals surface area contributed by atoms with Gasteiger partial charge in [-0.05, 0) is 55.0 Å². The summed E-state index contributed by atoms with van der Waals surface area (Å²) in [6, 6.07) is 12.7. The fourth-order valence-corrected chi connectivity index (χ4v) is 5.15. The van der Waals surface area contributed by atoms with E-state index in [4.69, 9.17) is 9.47 Å². The van der Waals surface area contributed by atoms with Crippen molar-refractivity contribution in [3.05, 3.63) is 58.8 Å². The van der Waals surface area contributed by atoms with E-state index in [1.165, 1.54) is 5.69 Å². The van der Waals surface area contributed by atoms with Crippen LogP contribution in [0.5, 0.6) is 11.5 Å². The lowest BCUT2D eigenvalue weighted by Crippen LogP contribution is -2.33. The number of methoxy groups -OCH3 is 2. The van der Waals surface area contributed by atoms with Crippen LogP contribution in [0.2, 0.25) is 0 Å². The van der Waals surface area contributed by atoms with Crippen molar-refractivity contribution in [1.82, 2.24) is 0 Å². The predicted octanol–water partition coefficient (Wildman–Crippen LogP) is 5.75. The van der Waals surface area contributed by atoms with E-state index < -0.39 is 0 Å². The minimum atomic E-state index is -0.129. The van der Waals surface area contributed by atoms with E-state index in [2.05, 4.69) is 62.2 Å². The largest absolute Gasteiger partial charge is 0.493 e. The second-order valence-corrected chi connectivity index (χ2v) is 9.45. The molecule has 0 bridgehead atoms. The minimum absolute atomic E-state index is 0.0614. The molecule has 0 unspecified atom stereocenters. The van der Waals surface area contributed by atoms with Crippen molar-refractivity contribution >= 4 is 17.2 Å². The fraction of sp³-hybridized carbons (Fsp3) is 0.444. The quantitative estimate of drug-likeness (QED) is 0.627. The van der Waals surface area contributed by atoms with Gasteiger partial charge in [0.2, 0.25) is 0 Å². The molecular formula is C27H34N2O3. The number of benzene rings is 2. The Balaban J connectivity index is 1.88. The summed E-state index contributed by atoms with van der Waals surface area (Å²) >= 11 is 0. The van der Waals surface area contributed by atoms with Crippen molar-refractivity contribution in [1.29, 1.82) is 0 Å². The number of ketones is 1. The molecule has 32 heavy (non-hydrogen) atoms. The topological polar surface area (TPSA) is 50.8 Å². The van der Waals surface area contributed by atoms with Gasteiger partial charge in [0.15, 0.2) is 17.3 Å². The van der Waals surface area contributed by atoms with Gasteiger partial charge in [0.25, 0.3) is 0 Å². The molecule has 5 nitrogen and oxygen atoms in total. The Morgan fingerprint density at radius 2 is 1.62 bits per heavy atom. The van der Waals surface area contributed by atoms with Gasteiger partial charge in [0, 0.05) is 54.1 Å². The zero-order valence-electron chi connectivity index (χ0n) is 20.0. The van der Waals surface area contributed by atoms with Crippen molar-refractivity contribution in [2.24, 2.45) is 5.41 Å².